The molecule has 2 N–H and O–H groups in total. The molecule has 2 heterocycles. The molecule has 0 spiro atoms. The van der Waals surface area contributed by atoms with Crippen molar-refractivity contribution in [2.45, 2.75) is 38.3 Å². The van der Waals surface area contributed by atoms with Gasteiger partial charge < -0.3 is 10.6 Å². The van der Waals surface area contributed by atoms with Gasteiger partial charge in [-0.25, -0.2) is 9.78 Å². The molecule has 0 saturated carbocycles. The van der Waals surface area contributed by atoms with Gasteiger partial charge in [-0.2, -0.15) is 5.26 Å². The van der Waals surface area contributed by atoms with E-state index in [1.165, 1.54) is 31.0 Å². The topological polar surface area (TPSA) is 81.0 Å². The summed E-state index contributed by atoms with van der Waals surface area (Å²) in [6.45, 7) is 2.71. The van der Waals surface area contributed by atoms with E-state index in [0.29, 0.717) is 24.0 Å². The number of nitrogens with zero attached hydrogens (tertiary/aromatic N) is 3. The first-order chi connectivity index (χ1) is 13.2. The minimum absolute atomic E-state index is 0.244. The maximum atomic E-state index is 12.1. The molecule has 1 aliphatic heterocycles. The molecule has 3 rings (SSSR count). The van der Waals surface area contributed by atoms with Crippen LogP contribution in [0, 0.1) is 11.3 Å². The lowest BCUT2D eigenvalue weighted by Crippen LogP contribution is -2.41. The Labute approximate surface area is 160 Å². The lowest BCUT2D eigenvalue weighted by Gasteiger charge is -2.36. The Hall–Kier alpha value is -2.91. The number of carbonyl (C=O) groups is 1. The van der Waals surface area contributed by atoms with Gasteiger partial charge in [-0.3, -0.25) is 4.90 Å². The fourth-order valence-corrected chi connectivity index (χ4v) is 3.47. The van der Waals surface area contributed by atoms with E-state index in [1.54, 1.807) is 12.1 Å². The van der Waals surface area contributed by atoms with Crippen LogP contribution in [0.25, 0.3) is 0 Å². The van der Waals surface area contributed by atoms with Gasteiger partial charge in [0.1, 0.15) is 11.8 Å². The highest BCUT2D eigenvalue weighted by molar-refractivity contribution is 5.88. The van der Waals surface area contributed by atoms with Crippen LogP contribution < -0.4 is 10.6 Å². The first-order valence-corrected chi connectivity index (χ1v) is 9.43. The normalized spacial score (nSPS) is 17.1. The van der Waals surface area contributed by atoms with Crippen LogP contribution in [0.1, 0.15) is 36.9 Å². The molecule has 2 amide bonds. The minimum atomic E-state index is -0.244. The summed E-state index contributed by atoms with van der Waals surface area (Å²) in [4.78, 5) is 18.5. The van der Waals surface area contributed by atoms with Gasteiger partial charge in [-0.05, 0) is 43.5 Å². The molecule has 1 aromatic heterocycles. The number of carbonyl (C=O) groups excluding carboxylic acids is 1. The second-order valence-corrected chi connectivity index (χ2v) is 6.82. The number of aromatic nitrogens is 1. The molecule has 1 atom stereocenters. The molecular formula is C21H25N5O. The quantitative estimate of drug-likeness (QED) is 0.823. The average Bonchev–Trinajstić information content (AvgIpc) is 2.71. The Bertz CT molecular complexity index is 769. The number of nitrogens with one attached hydrogen (secondary N) is 2. The Morgan fingerprint density at radius 1 is 1.22 bits per heavy atom. The van der Waals surface area contributed by atoms with E-state index < -0.39 is 0 Å². The molecule has 6 heteroatoms. The van der Waals surface area contributed by atoms with Crippen molar-refractivity contribution in [2.24, 2.45) is 0 Å². The average molecular weight is 363 g/mol. The lowest BCUT2D eigenvalue weighted by molar-refractivity contribution is 0.132. The third kappa shape index (κ3) is 5.80. The number of nitriles is 1. The van der Waals surface area contributed by atoms with E-state index in [-0.39, 0.29) is 6.03 Å². The molecule has 1 saturated heterocycles. The van der Waals surface area contributed by atoms with E-state index >= 15 is 0 Å². The smallest absolute Gasteiger partial charge is 0.319 e. The molecule has 1 fully saturated rings. The summed E-state index contributed by atoms with van der Waals surface area (Å²) >= 11 is 0. The van der Waals surface area contributed by atoms with Crippen LogP contribution in [0.5, 0.6) is 0 Å². The van der Waals surface area contributed by atoms with Crippen molar-refractivity contribution >= 4 is 11.7 Å². The van der Waals surface area contributed by atoms with E-state index in [4.69, 9.17) is 5.26 Å². The zero-order valence-electron chi connectivity index (χ0n) is 15.4. The Balaban J connectivity index is 1.44. The fourth-order valence-electron chi connectivity index (χ4n) is 3.47. The first-order valence-electron chi connectivity index (χ1n) is 9.43. The van der Waals surface area contributed by atoms with Gasteiger partial charge in [-0.15, -0.1) is 0 Å². The lowest BCUT2D eigenvalue weighted by atomic mass is 9.98. The first kappa shape index (κ1) is 18.9. The highest BCUT2D eigenvalue weighted by atomic mass is 16.2. The summed E-state index contributed by atoms with van der Waals surface area (Å²) < 4.78 is 0. The molecule has 0 bridgehead atoms. The molecule has 0 aliphatic carbocycles. The molecule has 27 heavy (non-hydrogen) atoms. The maximum Gasteiger partial charge on any atom is 0.319 e. The molecule has 1 aromatic carbocycles. The van der Waals surface area contributed by atoms with Crippen LogP contribution in [0.2, 0.25) is 0 Å². The van der Waals surface area contributed by atoms with E-state index in [1.807, 2.05) is 12.1 Å². The number of piperidine rings is 1. The van der Waals surface area contributed by atoms with Gasteiger partial charge >= 0.3 is 6.03 Å². The largest absolute Gasteiger partial charge is 0.338 e. The van der Waals surface area contributed by atoms with Gasteiger partial charge in [-0.1, -0.05) is 36.8 Å². The summed E-state index contributed by atoms with van der Waals surface area (Å²) in [5.41, 5.74) is 2.25. The molecule has 1 aliphatic rings. The number of benzene rings is 1. The predicted molar refractivity (Wildman–Crippen MR) is 105 cm³/mol. The summed E-state index contributed by atoms with van der Waals surface area (Å²) in [5.74, 6) is 0. The number of pyridine rings is 1. The third-order valence-electron chi connectivity index (χ3n) is 4.88. The summed E-state index contributed by atoms with van der Waals surface area (Å²) in [7, 11) is 0. The van der Waals surface area contributed by atoms with Crippen LogP contribution in [0.3, 0.4) is 0 Å². The molecule has 140 valence electrons. The zero-order chi connectivity index (χ0) is 18.9. The standard InChI is InChI=1S/C21H25N5O/c22-14-18-9-10-19(15-24-18)25-21(27)23-12-11-20-8-4-5-13-26(20)16-17-6-2-1-3-7-17/h1-3,6-7,9-10,15,20H,4-5,8,11-13,16H2,(H2,23,25,27). The molecule has 2 aromatic rings. The highest BCUT2D eigenvalue weighted by Crippen LogP contribution is 2.21. The summed E-state index contributed by atoms with van der Waals surface area (Å²) in [6.07, 6.45) is 6.09. The number of amides is 2. The van der Waals surface area contributed by atoms with Crippen LogP contribution in [0.4, 0.5) is 10.5 Å². The Morgan fingerprint density at radius 3 is 2.81 bits per heavy atom. The second-order valence-electron chi connectivity index (χ2n) is 6.82. The third-order valence-corrected chi connectivity index (χ3v) is 4.88. The maximum absolute atomic E-state index is 12.1. The number of urea groups is 1. The van der Waals surface area contributed by atoms with Gasteiger partial charge in [0.2, 0.25) is 0 Å². The van der Waals surface area contributed by atoms with E-state index in [2.05, 4.69) is 44.8 Å². The SMILES string of the molecule is N#Cc1ccc(NC(=O)NCCC2CCCCN2Cc2ccccc2)cn1. The van der Waals surface area contributed by atoms with E-state index in [9.17, 15) is 4.79 Å². The molecular weight excluding hydrogens is 338 g/mol. The van der Waals surface area contributed by atoms with Crippen molar-refractivity contribution in [1.29, 1.82) is 5.26 Å². The number of anilines is 1. The van der Waals surface area contributed by atoms with Gasteiger partial charge in [0.25, 0.3) is 0 Å². The Kier molecular flexibility index (Phi) is 6.78. The van der Waals surface area contributed by atoms with Crippen LogP contribution >= 0.6 is 0 Å². The number of hydrogen-bond donors (Lipinski definition) is 2. The van der Waals surface area contributed by atoms with Crippen molar-refractivity contribution in [3.8, 4) is 6.07 Å². The van der Waals surface area contributed by atoms with Crippen LogP contribution in [0.15, 0.2) is 48.7 Å². The monoisotopic (exact) mass is 363 g/mol. The Morgan fingerprint density at radius 2 is 2.07 bits per heavy atom. The van der Waals surface area contributed by atoms with Crippen molar-refractivity contribution in [2.75, 3.05) is 18.4 Å². The fraction of sp³-hybridized carbons (Fsp3) is 0.381. The number of hydrogen-bond acceptors (Lipinski definition) is 4. The van der Waals surface area contributed by atoms with Gasteiger partial charge in [0.05, 0.1) is 11.9 Å². The molecule has 1 unspecified atom stereocenters. The van der Waals surface area contributed by atoms with E-state index in [0.717, 1.165) is 19.5 Å². The van der Waals surface area contributed by atoms with Gasteiger partial charge in [0.15, 0.2) is 0 Å². The van der Waals surface area contributed by atoms with Crippen molar-refractivity contribution in [3.63, 3.8) is 0 Å². The second kappa shape index (κ2) is 9.70. The van der Waals surface area contributed by atoms with Crippen LogP contribution in [-0.4, -0.2) is 35.0 Å². The number of rotatable bonds is 6. The predicted octanol–water partition coefficient (Wildman–Crippen LogP) is 3.52. The number of likely N-dealkylation sites (tertiary alicyclic amines) is 1. The van der Waals surface area contributed by atoms with Crippen molar-refractivity contribution in [3.05, 3.63) is 59.9 Å². The van der Waals surface area contributed by atoms with Crippen molar-refractivity contribution in [1.82, 2.24) is 15.2 Å². The zero-order valence-corrected chi connectivity index (χ0v) is 15.4. The molecule has 0 radical (unpaired) electrons. The van der Waals surface area contributed by atoms with Crippen molar-refractivity contribution < 1.29 is 4.79 Å². The summed E-state index contributed by atoms with van der Waals surface area (Å²) in [5, 5.41) is 14.4. The summed E-state index contributed by atoms with van der Waals surface area (Å²) in [6, 6.07) is 16.0. The minimum Gasteiger partial charge on any atom is -0.338 e. The molecule has 6 nitrogen and oxygen atoms in total. The van der Waals surface area contributed by atoms with Gasteiger partial charge in [0, 0.05) is 19.1 Å². The van der Waals surface area contributed by atoms with Crippen LogP contribution in [-0.2, 0) is 6.54 Å². The highest BCUT2D eigenvalue weighted by Gasteiger charge is 2.22.